The monoisotopic (exact) mass is 770 g/mol. The van der Waals surface area contributed by atoms with Crippen molar-refractivity contribution in [3.8, 4) is 44.5 Å². The zero-order valence-electron chi connectivity index (χ0n) is 34.3. The SMILES string of the molecule is Cc1cc(N(c2cccc(-c3ccccc3)c2)c2ccc3c(c2)C(C)(C)c2ccccc2-3)ccc1N(c1cccc(-c2ccccc2)c1)c1cccc(-c2ccccc2)c1. The molecule has 0 saturated carbocycles. The lowest BCUT2D eigenvalue weighted by molar-refractivity contribution is 0.660. The van der Waals surface area contributed by atoms with Gasteiger partial charge in [0.05, 0.1) is 0 Å². The van der Waals surface area contributed by atoms with E-state index in [0.717, 1.165) is 34.1 Å². The molecule has 2 heteroatoms. The zero-order chi connectivity index (χ0) is 40.6. The van der Waals surface area contributed by atoms with Crippen LogP contribution >= 0.6 is 0 Å². The van der Waals surface area contributed by atoms with Crippen LogP contribution in [0.15, 0.2) is 224 Å². The molecule has 0 spiro atoms. The highest BCUT2D eigenvalue weighted by molar-refractivity contribution is 5.89. The highest BCUT2D eigenvalue weighted by Crippen LogP contribution is 2.51. The summed E-state index contributed by atoms with van der Waals surface area (Å²) >= 11 is 0. The molecule has 0 bridgehead atoms. The lowest BCUT2D eigenvalue weighted by atomic mass is 9.82. The molecule has 1 aliphatic carbocycles. The molecular weight excluding hydrogens is 725 g/mol. The van der Waals surface area contributed by atoms with Crippen LogP contribution in [0.5, 0.6) is 0 Å². The Kier molecular flexibility index (Phi) is 9.47. The van der Waals surface area contributed by atoms with Crippen molar-refractivity contribution >= 4 is 34.1 Å². The molecule has 0 heterocycles. The third kappa shape index (κ3) is 6.76. The highest BCUT2D eigenvalue weighted by atomic mass is 15.2. The average Bonchev–Trinajstić information content (AvgIpc) is 3.53. The van der Waals surface area contributed by atoms with Crippen molar-refractivity contribution < 1.29 is 0 Å². The molecular formula is C58H46N2. The second-order valence-corrected chi connectivity index (χ2v) is 16.3. The van der Waals surface area contributed by atoms with Gasteiger partial charge in [0.25, 0.3) is 0 Å². The maximum absolute atomic E-state index is 2.43. The molecule has 60 heavy (non-hydrogen) atoms. The van der Waals surface area contributed by atoms with Crippen LogP contribution in [0.25, 0.3) is 44.5 Å². The summed E-state index contributed by atoms with van der Waals surface area (Å²) in [5.41, 5.74) is 20.2. The Morgan fingerprint density at radius 1 is 0.300 bits per heavy atom. The molecule has 0 atom stereocenters. The number of hydrogen-bond donors (Lipinski definition) is 0. The van der Waals surface area contributed by atoms with Crippen LogP contribution in [0.4, 0.5) is 34.1 Å². The summed E-state index contributed by atoms with van der Waals surface area (Å²) in [5.74, 6) is 0. The second-order valence-electron chi connectivity index (χ2n) is 16.3. The normalized spacial score (nSPS) is 12.4. The van der Waals surface area contributed by atoms with E-state index in [0.29, 0.717) is 0 Å². The summed E-state index contributed by atoms with van der Waals surface area (Å²) in [5, 5.41) is 0. The first-order valence-corrected chi connectivity index (χ1v) is 20.8. The molecule has 1 aliphatic rings. The van der Waals surface area contributed by atoms with Gasteiger partial charge in [-0.15, -0.1) is 0 Å². The Morgan fingerprint density at radius 2 is 0.700 bits per heavy atom. The van der Waals surface area contributed by atoms with E-state index in [1.807, 2.05) is 0 Å². The summed E-state index contributed by atoms with van der Waals surface area (Å²) in [4.78, 5) is 4.84. The van der Waals surface area contributed by atoms with Crippen LogP contribution < -0.4 is 9.80 Å². The molecule has 0 N–H and O–H groups in total. The van der Waals surface area contributed by atoms with Gasteiger partial charge < -0.3 is 9.80 Å². The summed E-state index contributed by atoms with van der Waals surface area (Å²) in [6, 6.07) is 81.6. The van der Waals surface area contributed by atoms with E-state index in [-0.39, 0.29) is 5.41 Å². The molecule has 0 saturated heterocycles. The minimum Gasteiger partial charge on any atom is -0.310 e. The standard InChI is InChI=1S/C58H46N2/c1-41-36-51(33-35-57(41)60(49-28-16-25-46(38-49)43-20-9-5-10-21-43)50-29-17-26-47(39-50)44-22-11-6-12-23-44)59(48-27-15-24-45(37-48)42-18-7-4-8-19-42)52-32-34-54-53-30-13-14-31-55(53)58(2,3)56(54)40-52/h4-40H,1-3H3. The highest BCUT2D eigenvalue weighted by Gasteiger charge is 2.35. The molecule has 0 unspecified atom stereocenters. The van der Waals surface area contributed by atoms with E-state index >= 15 is 0 Å². The van der Waals surface area contributed by atoms with Gasteiger partial charge in [0.1, 0.15) is 0 Å². The Balaban J connectivity index is 1.13. The van der Waals surface area contributed by atoms with Crippen LogP contribution in [0.1, 0.15) is 30.5 Å². The first-order chi connectivity index (χ1) is 29.4. The second kappa shape index (κ2) is 15.4. The predicted molar refractivity (Wildman–Crippen MR) is 254 cm³/mol. The minimum absolute atomic E-state index is 0.123. The van der Waals surface area contributed by atoms with Crippen molar-refractivity contribution in [3.05, 3.63) is 241 Å². The molecule has 0 aliphatic heterocycles. The Morgan fingerprint density at radius 3 is 1.22 bits per heavy atom. The van der Waals surface area contributed by atoms with Gasteiger partial charge in [0, 0.05) is 39.5 Å². The topological polar surface area (TPSA) is 6.48 Å². The summed E-state index contributed by atoms with van der Waals surface area (Å²) in [6.07, 6.45) is 0. The third-order valence-electron chi connectivity index (χ3n) is 12.1. The summed E-state index contributed by atoms with van der Waals surface area (Å²) < 4.78 is 0. The quantitative estimate of drug-likeness (QED) is 0.144. The van der Waals surface area contributed by atoms with Gasteiger partial charge in [-0.05, 0) is 135 Å². The van der Waals surface area contributed by atoms with Crippen LogP contribution in [0, 0.1) is 6.92 Å². The van der Waals surface area contributed by atoms with Gasteiger partial charge in [-0.1, -0.05) is 172 Å². The van der Waals surface area contributed by atoms with Crippen molar-refractivity contribution in [1.29, 1.82) is 0 Å². The van der Waals surface area contributed by atoms with Crippen molar-refractivity contribution in [1.82, 2.24) is 0 Å². The first-order valence-electron chi connectivity index (χ1n) is 20.8. The van der Waals surface area contributed by atoms with Crippen LogP contribution in [-0.2, 0) is 5.41 Å². The van der Waals surface area contributed by atoms with E-state index in [1.54, 1.807) is 0 Å². The number of benzene rings is 9. The van der Waals surface area contributed by atoms with Gasteiger partial charge in [0.15, 0.2) is 0 Å². The van der Waals surface area contributed by atoms with Gasteiger partial charge >= 0.3 is 0 Å². The average molecular weight is 771 g/mol. The molecule has 2 nitrogen and oxygen atoms in total. The van der Waals surface area contributed by atoms with E-state index in [1.165, 1.54) is 61.2 Å². The smallest absolute Gasteiger partial charge is 0.0492 e. The number of fused-ring (bicyclic) bond motifs is 3. The minimum atomic E-state index is -0.123. The number of rotatable bonds is 9. The number of nitrogens with zero attached hydrogens (tertiary/aromatic N) is 2. The fourth-order valence-electron chi connectivity index (χ4n) is 9.10. The van der Waals surface area contributed by atoms with Gasteiger partial charge in [-0.3, -0.25) is 0 Å². The zero-order valence-corrected chi connectivity index (χ0v) is 34.3. The molecule has 0 amide bonds. The third-order valence-corrected chi connectivity index (χ3v) is 12.1. The Bertz CT molecular complexity index is 2880. The fourth-order valence-corrected chi connectivity index (χ4v) is 9.10. The van der Waals surface area contributed by atoms with Gasteiger partial charge in [-0.2, -0.15) is 0 Å². The first kappa shape index (κ1) is 36.9. The van der Waals surface area contributed by atoms with Crippen LogP contribution in [0.3, 0.4) is 0 Å². The Hall–Kier alpha value is -7.42. The molecule has 0 radical (unpaired) electrons. The maximum Gasteiger partial charge on any atom is 0.0492 e. The molecule has 10 rings (SSSR count). The summed E-state index contributed by atoms with van der Waals surface area (Å²) in [6.45, 7) is 6.96. The van der Waals surface area contributed by atoms with Gasteiger partial charge in [0.2, 0.25) is 0 Å². The largest absolute Gasteiger partial charge is 0.310 e. The van der Waals surface area contributed by atoms with Crippen LogP contribution in [-0.4, -0.2) is 0 Å². The van der Waals surface area contributed by atoms with Crippen molar-refractivity contribution in [3.63, 3.8) is 0 Å². The number of hydrogen-bond acceptors (Lipinski definition) is 2. The van der Waals surface area contributed by atoms with E-state index in [4.69, 9.17) is 0 Å². The van der Waals surface area contributed by atoms with E-state index in [9.17, 15) is 0 Å². The lowest BCUT2D eigenvalue weighted by Gasteiger charge is -2.31. The van der Waals surface area contributed by atoms with Crippen LogP contribution in [0.2, 0.25) is 0 Å². The predicted octanol–water partition coefficient (Wildman–Crippen LogP) is 16.2. The molecule has 0 aromatic heterocycles. The van der Waals surface area contributed by atoms with Crippen molar-refractivity contribution in [2.24, 2.45) is 0 Å². The van der Waals surface area contributed by atoms with E-state index in [2.05, 4.69) is 255 Å². The van der Waals surface area contributed by atoms with Gasteiger partial charge in [-0.25, -0.2) is 0 Å². The molecule has 288 valence electrons. The lowest BCUT2D eigenvalue weighted by Crippen LogP contribution is -2.17. The summed E-state index contributed by atoms with van der Waals surface area (Å²) in [7, 11) is 0. The van der Waals surface area contributed by atoms with Crippen molar-refractivity contribution in [2.45, 2.75) is 26.2 Å². The Labute approximate surface area is 354 Å². The molecule has 0 fully saturated rings. The number of aryl methyl sites for hydroxylation is 1. The molecule has 9 aromatic rings. The fraction of sp³-hybridized carbons (Fsp3) is 0.0690. The van der Waals surface area contributed by atoms with E-state index < -0.39 is 0 Å². The maximum atomic E-state index is 2.43. The van der Waals surface area contributed by atoms with Crippen molar-refractivity contribution in [2.75, 3.05) is 9.80 Å². The molecule has 9 aromatic carbocycles. The number of anilines is 6.